The molecule has 1 aromatic rings. The first-order valence-electron chi connectivity index (χ1n) is 5.44. The zero-order chi connectivity index (χ0) is 12.3. The van der Waals surface area contributed by atoms with Crippen molar-refractivity contribution in [3.63, 3.8) is 0 Å². The maximum atomic E-state index is 13.5. The van der Waals surface area contributed by atoms with E-state index in [1.54, 1.807) is 26.0 Å². The van der Waals surface area contributed by atoms with Gasteiger partial charge in [0.05, 0.1) is 11.1 Å². The number of carbonyl (C=O) groups is 1. The van der Waals surface area contributed by atoms with Gasteiger partial charge in [-0.3, -0.25) is 4.79 Å². The van der Waals surface area contributed by atoms with Crippen molar-refractivity contribution in [3.8, 4) is 0 Å². The fourth-order valence-electron chi connectivity index (χ4n) is 1.67. The van der Waals surface area contributed by atoms with Crippen LogP contribution in [0.4, 0.5) is 4.39 Å². The molecule has 0 saturated heterocycles. The van der Waals surface area contributed by atoms with Crippen molar-refractivity contribution >= 4 is 5.78 Å². The zero-order valence-electron chi connectivity index (χ0n) is 10.2. The Kier molecular flexibility index (Phi) is 3.81. The Morgan fingerprint density at radius 1 is 1.44 bits per heavy atom. The molecule has 0 fully saturated rings. The van der Waals surface area contributed by atoms with E-state index in [4.69, 9.17) is 0 Å². The van der Waals surface area contributed by atoms with Gasteiger partial charge in [-0.05, 0) is 39.4 Å². The Bertz CT molecular complexity index is 399. The number of Topliss-reactive ketones (excluding diaryl/α,β-unsaturated/α-hetero) is 1. The van der Waals surface area contributed by atoms with Gasteiger partial charge in [-0.2, -0.15) is 0 Å². The van der Waals surface area contributed by atoms with Gasteiger partial charge in [0.2, 0.25) is 0 Å². The van der Waals surface area contributed by atoms with E-state index >= 15 is 0 Å². The first-order chi connectivity index (χ1) is 7.38. The lowest BCUT2D eigenvalue weighted by molar-refractivity contribution is 0.0879. The molecule has 1 rings (SSSR count). The van der Waals surface area contributed by atoms with Gasteiger partial charge in [0, 0.05) is 0 Å². The molecule has 0 aliphatic rings. The smallest absolute Gasteiger partial charge is 0.185 e. The molecular weight excluding hydrogens is 205 g/mol. The van der Waals surface area contributed by atoms with Crippen LogP contribution in [-0.2, 0) is 0 Å². The molecule has 16 heavy (non-hydrogen) atoms. The fourth-order valence-corrected chi connectivity index (χ4v) is 1.67. The van der Waals surface area contributed by atoms with E-state index in [-0.39, 0.29) is 11.3 Å². The number of nitrogens with one attached hydrogen (secondary N) is 1. The van der Waals surface area contributed by atoms with Crippen molar-refractivity contribution in [2.24, 2.45) is 0 Å². The average Bonchev–Trinajstić information content (AvgIpc) is 2.20. The van der Waals surface area contributed by atoms with E-state index < -0.39 is 11.4 Å². The number of hydrogen-bond acceptors (Lipinski definition) is 2. The summed E-state index contributed by atoms with van der Waals surface area (Å²) in [5.41, 5.74) is 0.312. The second-order valence-corrected chi connectivity index (χ2v) is 4.47. The van der Waals surface area contributed by atoms with E-state index in [1.807, 2.05) is 13.8 Å². The first kappa shape index (κ1) is 12.8. The summed E-state index contributed by atoms with van der Waals surface area (Å²) in [7, 11) is 0. The van der Waals surface area contributed by atoms with Crippen molar-refractivity contribution in [1.82, 2.24) is 5.32 Å². The van der Waals surface area contributed by atoms with Gasteiger partial charge in [-0.25, -0.2) is 4.39 Å². The van der Waals surface area contributed by atoms with Crippen molar-refractivity contribution in [2.75, 3.05) is 6.54 Å². The molecule has 2 nitrogen and oxygen atoms in total. The molecule has 0 aliphatic heterocycles. The standard InChI is InChI=1S/C13H18FNO/c1-5-15-13(3,4)12(16)10-8-9(2)6-7-11(10)14/h6-8,15H,5H2,1-4H3. The van der Waals surface area contributed by atoms with Crippen LogP contribution in [0.25, 0.3) is 0 Å². The number of carbonyl (C=O) groups excluding carboxylic acids is 1. The van der Waals surface area contributed by atoms with Crippen LogP contribution < -0.4 is 5.32 Å². The van der Waals surface area contributed by atoms with Gasteiger partial charge >= 0.3 is 0 Å². The molecule has 0 saturated carbocycles. The molecule has 0 radical (unpaired) electrons. The number of likely N-dealkylation sites (N-methyl/N-ethyl adjacent to an activating group) is 1. The molecule has 3 heteroatoms. The van der Waals surface area contributed by atoms with E-state index in [0.717, 1.165) is 5.56 Å². The number of halogens is 1. The summed E-state index contributed by atoms with van der Waals surface area (Å²) in [6, 6.07) is 4.59. The molecule has 0 bridgehead atoms. The molecule has 0 spiro atoms. The second kappa shape index (κ2) is 4.74. The van der Waals surface area contributed by atoms with Crippen molar-refractivity contribution in [2.45, 2.75) is 33.2 Å². The fraction of sp³-hybridized carbons (Fsp3) is 0.462. The Morgan fingerprint density at radius 3 is 2.62 bits per heavy atom. The van der Waals surface area contributed by atoms with E-state index in [2.05, 4.69) is 5.32 Å². The summed E-state index contributed by atoms with van der Waals surface area (Å²) in [6.07, 6.45) is 0. The lowest BCUT2D eigenvalue weighted by Gasteiger charge is -2.24. The van der Waals surface area contributed by atoms with Crippen molar-refractivity contribution in [1.29, 1.82) is 0 Å². The minimum absolute atomic E-state index is 0.158. The van der Waals surface area contributed by atoms with Crippen LogP contribution in [0.1, 0.15) is 36.7 Å². The number of benzene rings is 1. The molecule has 88 valence electrons. The monoisotopic (exact) mass is 223 g/mol. The summed E-state index contributed by atoms with van der Waals surface area (Å²) in [5.74, 6) is -0.669. The van der Waals surface area contributed by atoms with Crippen molar-refractivity contribution in [3.05, 3.63) is 35.1 Å². The largest absolute Gasteiger partial charge is 0.305 e. The molecule has 0 amide bonds. The summed E-state index contributed by atoms with van der Waals surface area (Å²) in [4.78, 5) is 12.1. The van der Waals surface area contributed by atoms with E-state index in [0.29, 0.717) is 6.54 Å². The predicted octanol–water partition coefficient (Wildman–Crippen LogP) is 2.70. The quantitative estimate of drug-likeness (QED) is 0.795. The highest BCUT2D eigenvalue weighted by molar-refractivity contribution is 6.03. The summed E-state index contributed by atoms with van der Waals surface area (Å²) in [5, 5.41) is 3.05. The molecule has 0 aliphatic carbocycles. The topological polar surface area (TPSA) is 29.1 Å². The van der Waals surface area contributed by atoms with Crippen LogP contribution in [0, 0.1) is 12.7 Å². The first-order valence-corrected chi connectivity index (χ1v) is 5.44. The minimum Gasteiger partial charge on any atom is -0.305 e. The van der Waals surface area contributed by atoms with Crippen LogP contribution in [0.5, 0.6) is 0 Å². The molecule has 1 N–H and O–H groups in total. The van der Waals surface area contributed by atoms with Crippen LogP contribution in [0.3, 0.4) is 0 Å². The average molecular weight is 223 g/mol. The lowest BCUT2D eigenvalue weighted by atomic mass is 9.92. The lowest BCUT2D eigenvalue weighted by Crippen LogP contribution is -2.46. The SMILES string of the molecule is CCNC(C)(C)C(=O)c1cc(C)ccc1F. The van der Waals surface area contributed by atoms with Gasteiger partial charge in [-0.1, -0.05) is 18.6 Å². The number of ketones is 1. The van der Waals surface area contributed by atoms with Gasteiger partial charge < -0.3 is 5.32 Å². The molecule has 0 heterocycles. The molecule has 0 atom stereocenters. The summed E-state index contributed by atoms with van der Waals surface area (Å²) < 4.78 is 13.5. The number of hydrogen-bond donors (Lipinski definition) is 1. The number of aryl methyl sites for hydroxylation is 1. The zero-order valence-corrected chi connectivity index (χ0v) is 10.2. The summed E-state index contributed by atoms with van der Waals surface area (Å²) >= 11 is 0. The highest BCUT2D eigenvalue weighted by Gasteiger charge is 2.29. The predicted molar refractivity (Wildman–Crippen MR) is 63.2 cm³/mol. The normalized spacial score (nSPS) is 11.6. The third-order valence-electron chi connectivity index (χ3n) is 2.55. The second-order valence-electron chi connectivity index (χ2n) is 4.47. The Morgan fingerprint density at radius 2 is 2.06 bits per heavy atom. The van der Waals surface area contributed by atoms with Crippen LogP contribution in [0.15, 0.2) is 18.2 Å². The maximum Gasteiger partial charge on any atom is 0.185 e. The van der Waals surface area contributed by atoms with Gasteiger partial charge in [0.25, 0.3) is 0 Å². The Hall–Kier alpha value is -1.22. The van der Waals surface area contributed by atoms with Gasteiger partial charge in [0.15, 0.2) is 5.78 Å². The molecule has 1 aromatic carbocycles. The molecule has 0 aromatic heterocycles. The number of rotatable bonds is 4. The summed E-state index contributed by atoms with van der Waals surface area (Å²) in [6.45, 7) is 7.96. The third-order valence-corrected chi connectivity index (χ3v) is 2.55. The highest BCUT2D eigenvalue weighted by atomic mass is 19.1. The third kappa shape index (κ3) is 2.67. The van der Waals surface area contributed by atoms with Gasteiger partial charge in [-0.15, -0.1) is 0 Å². The molecular formula is C13H18FNO. The highest BCUT2D eigenvalue weighted by Crippen LogP contribution is 2.17. The Labute approximate surface area is 95.9 Å². The van der Waals surface area contributed by atoms with Crippen LogP contribution in [0.2, 0.25) is 0 Å². The van der Waals surface area contributed by atoms with Crippen molar-refractivity contribution < 1.29 is 9.18 Å². The Balaban J connectivity index is 3.09. The molecule has 0 unspecified atom stereocenters. The van der Waals surface area contributed by atoms with E-state index in [9.17, 15) is 9.18 Å². The maximum absolute atomic E-state index is 13.5. The minimum atomic E-state index is -0.733. The van der Waals surface area contributed by atoms with Crippen LogP contribution >= 0.6 is 0 Å². The van der Waals surface area contributed by atoms with Gasteiger partial charge in [0.1, 0.15) is 5.82 Å². The van der Waals surface area contributed by atoms with Crippen LogP contribution in [-0.4, -0.2) is 17.9 Å². The van der Waals surface area contributed by atoms with E-state index in [1.165, 1.54) is 6.07 Å².